The van der Waals surface area contributed by atoms with Gasteiger partial charge in [-0.2, -0.15) is 0 Å². The lowest BCUT2D eigenvalue weighted by molar-refractivity contribution is 0.0182. The summed E-state index contributed by atoms with van der Waals surface area (Å²) in [6.07, 6.45) is -5.54. The quantitative estimate of drug-likeness (QED) is 0.160. The number of phenolic OH excluding ortho intramolecular Hbond substituents is 6. The van der Waals surface area contributed by atoms with E-state index in [9.17, 15) is 50.8 Å². The standard InChI is InChI=1S/C29H24O12/c30-10-3-18(33)14-8-20(35)28(40-22(14)5-10)12-1-2-17(32)26(38)24-13(12)7-16(25(37)27(24)39)29-21(36)9-15-19(34)4-11(31)6-23(15)41-29/h1-7,20-21,28-31,33-37,39H,8-9H2,(H,32,38)/t20-,21-,28-,29?/m1/s1. The lowest BCUT2D eigenvalue weighted by atomic mass is 9.89. The summed E-state index contributed by atoms with van der Waals surface area (Å²) in [4.78, 5) is 12.6. The van der Waals surface area contributed by atoms with Gasteiger partial charge < -0.3 is 55.4 Å². The molecule has 1 unspecified atom stereocenters. The zero-order valence-corrected chi connectivity index (χ0v) is 21.0. The molecule has 0 radical (unpaired) electrons. The number of rotatable bonds is 2. The summed E-state index contributed by atoms with van der Waals surface area (Å²) >= 11 is 0. The highest BCUT2D eigenvalue weighted by Gasteiger charge is 2.37. The lowest BCUT2D eigenvalue weighted by Gasteiger charge is -2.33. The van der Waals surface area contributed by atoms with Crippen molar-refractivity contribution in [2.24, 2.45) is 0 Å². The molecule has 0 aliphatic carbocycles. The van der Waals surface area contributed by atoms with E-state index in [1.54, 1.807) is 0 Å². The van der Waals surface area contributed by atoms with Gasteiger partial charge in [-0.1, -0.05) is 6.07 Å². The third-order valence-electron chi connectivity index (χ3n) is 7.49. The largest absolute Gasteiger partial charge is 0.508 e. The van der Waals surface area contributed by atoms with E-state index in [1.165, 1.54) is 24.3 Å². The van der Waals surface area contributed by atoms with Gasteiger partial charge in [0.15, 0.2) is 29.5 Å². The summed E-state index contributed by atoms with van der Waals surface area (Å²) in [5.41, 5.74) is -0.569. The fourth-order valence-corrected chi connectivity index (χ4v) is 5.53. The number of aliphatic hydroxyl groups excluding tert-OH is 2. The molecule has 2 aliphatic heterocycles. The zero-order valence-electron chi connectivity index (χ0n) is 21.0. The van der Waals surface area contributed by atoms with Crippen molar-refractivity contribution in [2.75, 3.05) is 0 Å². The average Bonchev–Trinajstić information content (AvgIpc) is 3.02. The first kappa shape index (κ1) is 26.2. The fourth-order valence-electron chi connectivity index (χ4n) is 5.53. The smallest absolute Gasteiger partial charge is 0.220 e. The van der Waals surface area contributed by atoms with E-state index in [2.05, 4.69) is 0 Å². The molecular formula is C29H24O12. The Morgan fingerprint density at radius 2 is 1.12 bits per heavy atom. The summed E-state index contributed by atoms with van der Waals surface area (Å²) < 4.78 is 11.8. The summed E-state index contributed by atoms with van der Waals surface area (Å²) in [5.74, 6) is -3.79. The van der Waals surface area contributed by atoms with Gasteiger partial charge in [-0.25, -0.2) is 0 Å². The number of hydrogen-bond acceptors (Lipinski definition) is 12. The number of hydrogen-bond donors (Lipinski definition) is 9. The number of ether oxygens (including phenoxy) is 2. The third kappa shape index (κ3) is 4.12. The summed E-state index contributed by atoms with van der Waals surface area (Å²) in [7, 11) is 0. The zero-order chi connectivity index (χ0) is 29.3. The monoisotopic (exact) mass is 564 g/mol. The number of benzene rings is 3. The van der Waals surface area contributed by atoms with E-state index in [0.29, 0.717) is 0 Å². The molecule has 0 saturated heterocycles. The van der Waals surface area contributed by atoms with E-state index in [1.807, 2.05) is 0 Å². The van der Waals surface area contributed by atoms with Crippen molar-refractivity contribution in [1.29, 1.82) is 0 Å². The predicted octanol–water partition coefficient (Wildman–Crippen LogP) is 2.21. The molecule has 2 aliphatic rings. The van der Waals surface area contributed by atoms with Crippen LogP contribution in [0, 0.1) is 0 Å². The van der Waals surface area contributed by atoms with Crippen LogP contribution in [0.3, 0.4) is 0 Å². The SMILES string of the molecule is O=c1ccc([C@H]2Oc3cc(O)cc(O)c3C[C@H]2O)c2cc(C3Oc4cc(O)cc(O)c4C[C@H]3O)c(O)c(O)c2c1O. The van der Waals surface area contributed by atoms with Gasteiger partial charge >= 0.3 is 0 Å². The highest BCUT2D eigenvalue weighted by atomic mass is 16.5. The minimum absolute atomic E-state index is 0.0163. The van der Waals surface area contributed by atoms with Crippen LogP contribution in [0.1, 0.15) is 34.5 Å². The number of aromatic hydroxyl groups is 7. The summed E-state index contributed by atoms with van der Waals surface area (Å²) in [6, 6.07) is 8.12. The molecule has 6 rings (SSSR count). The Kier molecular flexibility index (Phi) is 5.90. The first-order valence-electron chi connectivity index (χ1n) is 12.5. The molecule has 0 bridgehead atoms. The van der Waals surface area contributed by atoms with Gasteiger partial charge in [0, 0.05) is 59.4 Å². The number of phenols is 6. The van der Waals surface area contributed by atoms with Crippen molar-refractivity contribution in [1.82, 2.24) is 0 Å². The number of aliphatic hydroxyl groups is 2. The minimum Gasteiger partial charge on any atom is -0.508 e. The maximum absolute atomic E-state index is 12.6. The molecule has 212 valence electrons. The van der Waals surface area contributed by atoms with Crippen LogP contribution < -0.4 is 14.9 Å². The van der Waals surface area contributed by atoms with E-state index < -0.39 is 52.5 Å². The van der Waals surface area contributed by atoms with Crippen LogP contribution in [-0.4, -0.2) is 58.2 Å². The highest BCUT2D eigenvalue weighted by Crippen LogP contribution is 2.50. The second-order valence-electron chi connectivity index (χ2n) is 10.1. The Morgan fingerprint density at radius 1 is 0.610 bits per heavy atom. The Balaban J connectivity index is 1.56. The van der Waals surface area contributed by atoms with Crippen LogP contribution in [0.25, 0.3) is 10.8 Å². The third-order valence-corrected chi connectivity index (χ3v) is 7.49. The van der Waals surface area contributed by atoms with Crippen LogP contribution >= 0.6 is 0 Å². The van der Waals surface area contributed by atoms with Crippen LogP contribution in [0.5, 0.6) is 51.7 Å². The molecule has 4 aromatic rings. The Hall–Kier alpha value is -5.07. The Morgan fingerprint density at radius 3 is 1.66 bits per heavy atom. The van der Waals surface area contributed by atoms with Crippen molar-refractivity contribution in [2.45, 2.75) is 37.3 Å². The molecule has 0 spiro atoms. The molecular weight excluding hydrogens is 540 g/mol. The van der Waals surface area contributed by atoms with Crippen LogP contribution in [-0.2, 0) is 12.8 Å². The Labute approximate surface area is 230 Å². The van der Waals surface area contributed by atoms with Crippen molar-refractivity contribution >= 4 is 10.8 Å². The Bertz CT molecular complexity index is 1800. The molecule has 0 aromatic heterocycles. The molecule has 0 saturated carbocycles. The molecule has 9 N–H and O–H groups in total. The van der Waals surface area contributed by atoms with Crippen molar-refractivity contribution in [3.8, 4) is 51.7 Å². The average molecular weight is 564 g/mol. The van der Waals surface area contributed by atoms with Gasteiger partial charge in [-0.15, -0.1) is 0 Å². The fraction of sp³-hybridized carbons (Fsp3) is 0.207. The minimum atomic E-state index is -1.36. The number of fused-ring (bicyclic) bond motifs is 3. The van der Waals surface area contributed by atoms with E-state index in [-0.39, 0.29) is 75.0 Å². The van der Waals surface area contributed by atoms with Gasteiger partial charge in [0.1, 0.15) is 34.5 Å². The van der Waals surface area contributed by atoms with Crippen LogP contribution in [0.2, 0.25) is 0 Å². The van der Waals surface area contributed by atoms with Crippen LogP contribution in [0.15, 0.2) is 47.3 Å². The second-order valence-corrected chi connectivity index (χ2v) is 10.1. The van der Waals surface area contributed by atoms with E-state index >= 15 is 0 Å². The predicted molar refractivity (Wildman–Crippen MR) is 141 cm³/mol. The highest BCUT2D eigenvalue weighted by molar-refractivity contribution is 5.98. The van der Waals surface area contributed by atoms with Crippen molar-refractivity contribution in [3.63, 3.8) is 0 Å². The maximum Gasteiger partial charge on any atom is 0.220 e. The normalized spacial score (nSPS) is 21.4. The molecule has 12 nitrogen and oxygen atoms in total. The summed E-state index contributed by atoms with van der Waals surface area (Å²) in [5, 5.41) is 94.4. The maximum atomic E-state index is 12.6. The van der Waals surface area contributed by atoms with E-state index in [0.717, 1.165) is 18.2 Å². The molecule has 4 aromatic carbocycles. The second kappa shape index (κ2) is 9.25. The summed E-state index contributed by atoms with van der Waals surface area (Å²) in [6.45, 7) is 0. The van der Waals surface area contributed by atoms with Gasteiger partial charge in [-0.3, -0.25) is 4.79 Å². The lowest BCUT2D eigenvalue weighted by Crippen LogP contribution is -2.31. The molecule has 4 atom stereocenters. The molecule has 12 heteroatoms. The molecule has 0 fully saturated rings. The topological polar surface area (TPSA) is 218 Å². The van der Waals surface area contributed by atoms with Gasteiger partial charge in [0.05, 0.1) is 17.6 Å². The molecule has 2 heterocycles. The van der Waals surface area contributed by atoms with E-state index in [4.69, 9.17) is 9.47 Å². The first-order chi connectivity index (χ1) is 19.4. The van der Waals surface area contributed by atoms with Gasteiger partial charge in [0.25, 0.3) is 0 Å². The van der Waals surface area contributed by atoms with Crippen LogP contribution in [0.4, 0.5) is 0 Å². The molecule has 41 heavy (non-hydrogen) atoms. The van der Waals surface area contributed by atoms with Gasteiger partial charge in [0.2, 0.25) is 5.43 Å². The van der Waals surface area contributed by atoms with Crippen molar-refractivity contribution in [3.05, 3.63) is 74.9 Å². The molecule has 0 amide bonds. The first-order valence-corrected chi connectivity index (χ1v) is 12.5. The van der Waals surface area contributed by atoms with Gasteiger partial charge in [-0.05, 0) is 17.5 Å². The van der Waals surface area contributed by atoms with Crippen molar-refractivity contribution < 1.29 is 55.4 Å².